The molecular formula is C33H27F2N5O3S. The third kappa shape index (κ3) is 4.38. The summed E-state index contributed by atoms with van der Waals surface area (Å²) in [6.07, 6.45) is 3.57. The summed E-state index contributed by atoms with van der Waals surface area (Å²) in [6.45, 7) is 2.43. The molecule has 44 heavy (non-hydrogen) atoms. The molecule has 0 fully saturated rings. The van der Waals surface area contributed by atoms with E-state index in [9.17, 15) is 22.0 Å². The molecule has 6 aromatic rings. The van der Waals surface area contributed by atoms with Crippen LogP contribution in [0.3, 0.4) is 0 Å². The summed E-state index contributed by atoms with van der Waals surface area (Å²) in [5.74, 6) is -0.893. The second-order valence-corrected chi connectivity index (χ2v) is 13.0. The van der Waals surface area contributed by atoms with Gasteiger partial charge in [-0.1, -0.05) is 19.1 Å². The molecule has 0 saturated carbocycles. The number of carbonyl (C=O) groups excluding carboxylic acids is 1. The monoisotopic (exact) mass is 611 g/mol. The topological polar surface area (TPSA) is 89.6 Å². The van der Waals surface area contributed by atoms with Gasteiger partial charge >= 0.3 is 0 Å². The van der Waals surface area contributed by atoms with E-state index in [1.807, 2.05) is 22.8 Å². The number of ketones is 1. The lowest BCUT2D eigenvalue weighted by molar-refractivity contribution is 0.0990. The molecule has 0 spiro atoms. The van der Waals surface area contributed by atoms with Crippen LogP contribution in [-0.2, 0) is 23.0 Å². The summed E-state index contributed by atoms with van der Waals surface area (Å²) >= 11 is 0. The van der Waals surface area contributed by atoms with Gasteiger partial charge in [-0.05, 0) is 66.6 Å². The third-order valence-corrected chi connectivity index (χ3v) is 9.49. The first-order valence-electron chi connectivity index (χ1n) is 14.1. The largest absolute Gasteiger partial charge is 0.339 e. The number of sulfonamides is 1. The fraction of sp³-hybridized carbons (Fsp3) is 0.182. The van der Waals surface area contributed by atoms with Crippen LogP contribution >= 0.6 is 0 Å². The van der Waals surface area contributed by atoms with Gasteiger partial charge in [0.1, 0.15) is 17.3 Å². The minimum atomic E-state index is -3.71. The molecule has 1 aliphatic heterocycles. The number of hydrogen-bond donors (Lipinski definition) is 0. The summed E-state index contributed by atoms with van der Waals surface area (Å²) in [5.41, 5.74) is 6.23. The number of halogens is 2. The molecule has 1 aliphatic rings. The minimum Gasteiger partial charge on any atom is -0.339 e. The predicted molar refractivity (Wildman–Crippen MR) is 166 cm³/mol. The van der Waals surface area contributed by atoms with Crippen LogP contribution in [0, 0.1) is 11.6 Å². The zero-order chi connectivity index (χ0) is 30.9. The smallest absolute Gasteiger partial charge is 0.232 e. The van der Waals surface area contributed by atoms with Gasteiger partial charge in [0.25, 0.3) is 0 Å². The standard InChI is InChI=1S/C33H27F2N5O3S/c1-4-30(41)31-27-17-23(29(38(2)44(3,42)43)18-40(27)37-33(31)19-8-11-21(34)12-9-19)25-13-10-20-14-15-39-26-7-5-6-24(35)22(26)16-28(39)32(20)36-25/h5-13,16-18H,4,14-15H2,1-3H3. The molecule has 0 atom stereocenters. The van der Waals surface area contributed by atoms with Crippen molar-refractivity contribution in [1.82, 2.24) is 19.2 Å². The fourth-order valence-corrected chi connectivity index (χ4v) is 6.46. The number of nitrogens with zero attached hydrogens (tertiary/aromatic N) is 5. The Balaban J connectivity index is 1.50. The van der Waals surface area contributed by atoms with Gasteiger partial charge in [0, 0.05) is 36.5 Å². The van der Waals surface area contributed by atoms with Crippen molar-refractivity contribution >= 4 is 37.9 Å². The van der Waals surface area contributed by atoms with E-state index in [0.717, 1.165) is 27.3 Å². The number of Topliss-reactive ketones (excluding diaryl/α,β-unsaturated/α-hetero) is 1. The molecular weight excluding hydrogens is 584 g/mol. The normalized spacial score (nSPS) is 12.8. The lowest BCUT2D eigenvalue weighted by Crippen LogP contribution is -2.26. The Bertz CT molecular complexity index is 2260. The number of aromatic nitrogens is 4. The van der Waals surface area contributed by atoms with E-state index < -0.39 is 15.8 Å². The van der Waals surface area contributed by atoms with E-state index >= 15 is 0 Å². The molecule has 8 nitrogen and oxygen atoms in total. The number of anilines is 1. The molecule has 0 amide bonds. The molecule has 7 rings (SSSR count). The lowest BCUT2D eigenvalue weighted by Gasteiger charge is -2.23. The highest BCUT2D eigenvalue weighted by Crippen LogP contribution is 2.39. The Hall–Kier alpha value is -4.90. The van der Waals surface area contributed by atoms with Crippen molar-refractivity contribution in [2.24, 2.45) is 0 Å². The summed E-state index contributed by atoms with van der Waals surface area (Å²) < 4.78 is 58.8. The second-order valence-electron chi connectivity index (χ2n) is 10.9. The highest BCUT2D eigenvalue weighted by atomic mass is 32.2. The molecule has 222 valence electrons. The third-order valence-electron chi connectivity index (χ3n) is 8.30. The predicted octanol–water partition coefficient (Wildman–Crippen LogP) is 6.51. The van der Waals surface area contributed by atoms with Crippen LogP contribution in [0.4, 0.5) is 14.5 Å². The number of fused-ring (bicyclic) bond motifs is 6. The maximum absolute atomic E-state index is 14.7. The van der Waals surface area contributed by atoms with Gasteiger partial charge in [-0.15, -0.1) is 0 Å². The van der Waals surface area contributed by atoms with Crippen LogP contribution in [0.5, 0.6) is 0 Å². The summed E-state index contributed by atoms with van der Waals surface area (Å²) in [7, 11) is -2.27. The van der Waals surface area contributed by atoms with E-state index in [4.69, 9.17) is 4.98 Å². The van der Waals surface area contributed by atoms with E-state index in [1.165, 1.54) is 29.8 Å². The first-order valence-corrected chi connectivity index (χ1v) is 16.0. The molecule has 11 heteroatoms. The summed E-state index contributed by atoms with van der Waals surface area (Å²) in [4.78, 5) is 18.4. The second kappa shape index (κ2) is 10.1. The molecule has 0 aliphatic carbocycles. The molecule has 0 unspecified atom stereocenters. The zero-order valence-corrected chi connectivity index (χ0v) is 25.0. The number of benzene rings is 2. The van der Waals surface area contributed by atoms with Crippen molar-refractivity contribution in [3.05, 3.63) is 95.7 Å². The molecule has 5 heterocycles. The van der Waals surface area contributed by atoms with Gasteiger partial charge in [-0.3, -0.25) is 9.10 Å². The van der Waals surface area contributed by atoms with Crippen LogP contribution < -0.4 is 4.31 Å². The van der Waals surface area contributed by atoms with Crippen LogP contribution in [0.15, 0.2) is 72.9 Å². The maximum atomic E-state index is 14.7. The van der Waals surface area contributed by atoms with E-state index in [2.05, 4.69) is 5.10 Å². The number of hydrogen-bond acceptors (Lipinski definition) is 5. The number of rotatable bonds is 6. The number of pyridine rings is 2. The molecule has 0 saturated heterocycles. The summed E-state index contributed by atoms with van der Waals surface area (Å²) in [5, 5.41) is 5.18. The minimum absolute atomic E-state index is 0.167. The van der Waals surface area contributed by atoms with Gasteiger partial charge in [-0.2, -0.15) is 5.10 Å². The van der Waals surface area contributed by atoms with Crippen molar-refractivity contribution in [3.8, 4) is 33.9 Å². The summed E-state index contributed by atoms with van der Waals surface area (Å²) in [6, 6.07) is 18.0. The SMILES string of the molecule is CCC(=O)c1c(-c2ccc(F)cc2)nn2cc(N(C)S(C)(=O)=O)c(-c3ccc4c(n3)-c3cc5c(F)cccc5n3CC4)cc12. The van der Waals surface area contributed by atoms with Crippen molar-refractivity contribution in [2.45, 2.75) is 26.3 Å². The Morgan fingerprint density at radius 1 is 1.00 bits per heavy atom. The van der Waals surface area contributed by atoms with Crippen LogP contribution in [0.25, 0.3) is 50.3 Å². The van der Waals surface area contributed by atoms with Crippen LogP contribution in [-0.4, -0.2) is 46.7 Å². The lowest BCUT2D eigenvalue weighted by atomic mass is 9.99. The average molecular weight is 612 g/mol. The van der Waals surface area contributed by atoms with Crippen LogP contribution in [0.1, 0.15) is 29.3 Å². The van der Waals surface area contributed by atoms with Crippen molar-refractivity contribution < 1.29 is 22.0 Å². The first kappa shape index (κ1) is 27.9. The highest BCUT2D eigenvalue weighted by Gasteiger charge is 2.27. The van der Waals surface area contributed by atoms with Crippen molar-refractivity contribution in [2.75, 3.05) is 17.6 Å². The number of aryl methyl sites for hydroxylation is 2. The van der Waals surface area contributed by atoms with E-state index in [1.54, 1.807) is 43.5 Å². The molecule has 0 bridgehead atoms. The van der Waals surface area contributed by atoms with Crippen molar-refractivity contribution in [1.29, 1.82) is 0 Å². The molecule has 0 radical (unpaired) electrons. The maximum Gasteiger partial charge on any atom is 0.232 e. The Kier molecular flexibility index (Phi) is 6.40. The highest BCUT2D eigenvalue weighted by molar-refractivity contribution is 7.92. The van der Waals surface area contributed by atoms with Crippen molar-refractivity contribution in [3.63, 3.8) is 0 Å². The van der Waals surface area contributed by atoms with E-state index in [-0.39, 0.29) is 18.0 Å². The van der Waals surface area contributed by atoms with Crippen LogP contribution in [0.2, 0.25) is 0 Å². The number of carbonyl (C=O) groups is 1. The Labute approximate surface area is 252 Å². The average Bonchev–Trinajstić information content (AvgIpc) is 3.59. The van der Waals surface area contributed by atoms with Gasteiger partial charge in [0.15, 0.2) is 5.78 Å². The van der Waals surface area contributed by atoms with E-state index in [0.29, 0.717) is 63.3 Å². The quantitative estimate of drug-likeness (QED) is 0.201. The molecule has 4 aromatic heterocycles. The van der Waals surface area contributed by atoms with Gasteiger partial charge in [0.2, 0.25) is 10.0 Å². The fourth-order valence-electron chi connectivity index (χ4n) is 5.96. The van der Waals surface area contributed by atoms with Gasteiger partial charge in [0.05, 0.1) is 51.8 Å². The van der Waals surface area contributed by atoms with Gasteiger partial charge < -0.3 is 4.57 Å². The molecule has 2 aromatic carbocycles. The van der Waals surface area contributed by atoms with Gasteiger partial charge in [-0.25, -0.2) is 26.7 Å². The Morgan fingerprint density at radius 2 is 1.77 bits per heavy atom. The zero-order valence-electron chi connectivity index (χ0n) is 24.2. The first-order chi connectivity index (χ1) is 21.0. The Morgan fingerprint density at radius 3 is 2.50 bits per heavy atom. The molecule has 0 N–H and O–H groups in total.